The minimum absolute atomic E-state index is 0.0535. The lowest BCUT2D eigenvalue weighted by molar-refractivity contribution is -0.155. The van der Waals surface area contributed by atoms with Gasteiger partial charge in [0.25, 0.3) is 0 Å². The SMILES string of the molecule is CC(O)(CNC(=O)NC1CCC(=O)NC1)C(=O)O. The van der Waals surface area contributed by atoms with E-state index in [1.165, 1.54) is 0 Å². The van der Waals surface area contributed by atoms with Gasteiger partial charge in [-0.15, -0.1) is 0 Å². The Hall–Kier alpha value is -1.83. The van der Waals surface area contributed by atoms with Crippen LogP contribution in [0.15, 0.2) is 0 Å². The molecule has 8 nitrogen and oxygen atoms in total. The summed E-state index contributed by atoms with van der Waals surface area (Å²) >= 11 is 0. The lowest BCUT2D eigenvalue weighted by Crippen LogP contribution is -2.54. The Morgan fingerprint density at radius 1 is 1.56 bits per heavy atom. The Bertz CT molecular complexity index is 345. The molecule has 0 aliphatic carbocycles. The monoisotopic (exact) mass is 259 g/mol. The minimum Gasteiger partial charge on any atom is -0.479 e. The highest BCUT2D eigenvalue weighted by Gasteiger charge is 2.30. The first kappa shape index (κ1) is 14.2. The van der Waals surface area contributed by atoms with Crippen molar-refractivity contribution in [1.29, 1.82) is 0 Å². The van der Waals surface area contributed by atoms with E-state index >= 15 is 0 Å². The van der Waals surface area contributed by atoms with Crippen molar-refractivity contribution >= 4 is 17.9 Å². The van der Waals surface area contributed by atoms with Crippen LogP contribution in [0, 0.1) is 0 Å². The van der Waals surface area contributed by atoms with Gasteiger partial charge in [0.1, 0.15) is 0 Å². The van der Waals surface area contributed by atoms with Gasteiger partial charge in [0.15, 0.2) is 5.60 Å². The van der Waals surface area contributed by atoms with Crippen molar-refractivity contribution in [2.75, 3.05) is 13.1 Å². The van der Waals surface area contributed by atoms with Crippen molar-refractivity contribution in [3.8, 4) is 0 Å². The van der Waals surface area contributed by atoms with Gasteiger partial charge >= 0.3 is 12.0 Å². The van der Waals surface area contributed by atoms with E-state index in [9.17, 15) is 19.5 Å². The lowest BCUT2D eigenvalue weighted by Gasteiger charge is -2.24. The maximum atomic E-state index is 11.4. The largest absolute Gasteiger partial charge is 0.479 e. The van der Waals surface area contributed by atoms with Gasteiger partial charge in [-0.25, -0.2) is 9.59 Å². The maximum Gasteiger partial charge on any atom is 0.337 e. The molecular formula is C10H17N3O5. The normalized spacial score (nSPS) is 22.6. The van der Waals surface area contributed by atoms with E-state index in [-0.39, 0.29) is 11.9 Å². The molecule has 1 aliphatic rings. The van der Waals surface area contributed by atoms with E-state index in [2.05, 4.69) is 16.0 Å². The second-order valence-electron chi connectivity index (χ2n) is 4.45. The van der Waals surface area contributed by atoms with E-state index in [1.54, 1.807) is 0 Å². The standard InChI is InChI=1S/C10H17N3O5/c1-10(18,8(15)16)5-12-9(17)13-6-2-3-7(14)11-4-6/h6,18H,2-5H2,1H3,(H,11,14)(H,15,16)(H2,12,13,17). The number of piperidine rings is 1. The molecule has 1 aliphatic heterocycles. The molecule has 0 bridgehead atoms. The number of carbonyl (C=O) groups excluding carboxylic acids is 2. The Morgan fingerprint density at radius 3 is 2.72 bits per heavy atom. The number of hydrogen-bond acceptors (Lipinski definition) is 4. The molecule has 1 fully saturated rings. The zero-order valence-corrected chi connectivity index (χ0v) is 10.0. The van der Waals surface area contributed by atoms with Gasteiger partial charge in [-0.2, -0.15) is 0 Å². The summed E-state index contributed by atoms with van der Waals surface area (Å²) in [5, 5.41) is 25.5. The van der Waals surface area contributed by atoms with Gasteiger partial charge in [-0.3, -0.25) is 4.79 Å². The van der Waals surface area contributed by atoms with E-state index in [0.717, 1.165) is 6.92 Å². The van der Waals surface area contributed by atoms with Crippen LogP contribution < -0.4 is 16.0 Å². The summed E-state index contributed by atoms with van der Waals surface area (Å²) in [6.45, 7) is 1.05. The maximum absolute atomic E-state index is 11.4. The number of aliphatic carboxylic acids is 1. The second-order valence-corrected chi connectivity index (χ2v) is 4.45. The zero-order valence-electron chi connectivity index (χ0n) is 10.0. The molecule has 0 spiro atoms. The highest BCUT2D eigenvalue weighted by atomic mass is 16.4. The van der Waals surface area contributed by atoms with Gasteiger partial charge in [-0.05, 0) is 13.3 Å². The number of hydrogen-bond donors (Lipinski definition) is 5. The first-order valence-corrected chi connectivity index (χ1v) is 5.58. The number of urea groups is 1. The molecule has 102 valence electrons. The van der Waals surface area contributed by atoms with E-state index < -0.39 is 24.1 Å². The predicted molar refractivity (Wildman–Crippen MR) is 60.8 cm³/mol. The summed E-state index contributed by atoms with van der Waals surface area (Å²) in [4.78, 5) is 32.9. The van der Waals surface area contributed by atoms with Crippen LogP contribution in [0.25, 0.3) is 0 Å². The number of carboxylic acids is 1. The average molecular weight is 259 g/mol. The molecule has 0 aromatic heterocycles. The van der Waals surface area contributed by atoms with Crippen molar-refractivity contribution < 1.29 is 24.6 Å². The molecule has 0 aromatic carbocycles. The molecule has 1 heterocycles. The Morgan fingerprint density at radius 2 is 2.22 bits per heavy atom. The molecule has 1 saturated heterocycles. The first-order chi connectivity index (χ1) is 8.31. The third-order valence-corrected chi connectivity index (χ3v) is 2.65. The van der Waals surface area contributed by atoms with Gasteiger partial charge < -0.3 is 26.2 Å². The first-order valence-electron chi connectivity index (χ1n) is 5.58. The van der Waals surface area contributed by atoms with Gasteiger partial charge in [0.2, 0.25) is 5.91 Å². The molecule has 0 aromatic rings. The topological polar surface area (TPSA) is 128 Å². The molecule has 5 N–H and O–H groups in total. The molecule has 18 heavy (non-hydrogen) atoms. The predicted octanol–water partition coefficient (Wildman–Crippen LogP) is -1.60. The van der Waals surface area contributed by atoms with Crippen LogP contribution in [0.4, 0.5) is 4.79 Å². The van der Waals surface area contributed by atoms with E-state index in [1.807, 2.05) is 0 Å². The minimum atomic E-state index is -2.00. The van der Waals surface area contributed by atoms with Crippen molar-refractivity contribution in [3.63, 3.8) is 0 Å². The highest BCUT2D eigenvalue weighted by molar-refractivity contribution is 5.80. The Balaban J connectivity index is 2.30. The summed E-state index contributed by atoms with van der Waals surface area (Å²) in [6, 6.07) is -0.754. The van der Waals surface area contributed by atoms with Gasteiger partial charge in [0.05, 0.1) is 6.54 Å². The highest BCUT2D eigenvalue weighted by Crippen LogP contribution is 2.03. The van der Waals surface area contributed by atoms with Crippen LogP contribution in [0.3, 0.4) is 0 Å². The summed E-state index contributed by atoms with van der Waals surface area (Å²) in [6.07, 6.45) is 0.881. The lowest BCUT2D eigenvalue weighted by atomic mass is 10.1. The quantitative estimate of drug-likeness (QED) is 0.415. The zero-order chi connectivity index (χ0) is 13.8. The second kappa shape index (κ2) is 5.67. The van der Waals surface area contributed by atoms with E-state index in [4.69, 9.17) is 5.11 Å². The summed E-state index contributed by atoms with van der Waals surface area (Å²) in [5.41, 5.74) is -2.00. The summed E-state index contributed by atoms with van der Waals surface area (Å²) in [5.74, 6) is -1.46. The molecule has 8 heteroatoms. The summed E-state index contributed by atoms with van der Waals surface area (Å²) < 4.78 is 0. The Labute approximate surface area is 104 Å². The van der Waals surface area contributed by atoms with Crippen LogP contribution in [-0.2, 0) is 9.59 Å². The number of nitrogens with one attached hydrogen (secondary N) is 3. The van der Waals surface area contributed by atoms with Gasteiger partial charge in [-0.1, -0.05) is 0 Å². The van der Waals surface area contributed by atoms with Crippen molar-refractivity contribution in [2.45, 2.75) is 31.4 Å². The smallest absolute Gasteiger partial charge is 0.337 e. The number of aliphatic hydroxyl groups is 1. The number of carboxylic acid groups (broad SMARTS) is 1. The van der Waals surface area contributed by atoms with Crippen molar-refractivity contribution in [2.24, 2.45) is 0 Å². The summed E-state index contributed by atoms with van der Waals surface area (Å²) in [7, 11) is 0. The number of amides is 3. The van der Waals surface area contributed by atoms with Crippen LogP contribution in [0.2, 0.25) is 0 Å². The fourth-order valence-corrected chi connectivity index (χ4v) is 1.42. The fourth-order valence-electron chi connectivity index (χ4n) is 1.42. The van der Waals surface area contributed by atoms with Crippen molar-refractivity contribution in [1.82, 2.24) is 16.0 Å². The molecule has 0 saturated carbocycles. The number of carbonyl (C=O) groups is 3. The van der Waals surface area contributed by atoms with E-state index in [0.29, 0.717) is 19.4 Å². The van der Waals surface area contributed by atoms with Crippen LogP contribution in [0.1, 0.15) is 19.8 Å². The average Bonchev–Trinajstić information content (AvgIpc) is 2.29. The molecule has 2 atom stereocenters. The Kier molecular flexibility index (Phi) is 4.49. The van der Waals surface area contributed by atoms with Crippen LogP contribution in [0.5, 0.6) is 0 Å². The third kappa shape index (κ3) is 4.21. The third-order valence-electron chi connectivity index (χ3n) is 2.65. The molecule has 0 radical (unpaired) electrons. The van der Waals surface area contributed by atoms with Gasteiger partial charge in [0, 0.05) is 19.0 Å². The van der Waals surface area contributed by atoms with Crippen molar-refractivity contribution in [3.05, 3.63) is 0 Å². The molecular weight excluding hydrogens is 242 g/mol. The molecule has 3 amide bonds. The molecule has 1 rings (SSSR count). The van der Waals surface area contributed by atoms with Crippen LogP contribution >= 0.6 is 0 Å². The molecule has 2 unspecified atom stereocenters. The van der Waals surface area contributed by atoms with Crippen LogP contribution in [-0.4, -0.2) is 52.9 Å². The number of rotatable bonds is 4. The fraction of sp³-hybridized carbons (Fsp3) is 0.700.